The summed E-state index contributed by atoms with van der Waals surface area (Å²) in [6.45, 7) is 7.81. The number of carboxylic acids is 1. The Bertz CT molecular complexity index is 751. The van der Waals surface area contributed by atoms with E-state index in [4.69, 9.17) is 0 Å². The highest BCUT2D eigenvalue weighted by molar-refractivity contribution is 5.97. The first-order valence-corrected chi connectivity index (χ1v) is 9.02. The van der Waals surface area contributed by atoms with E-state index in [1.54, 1.807) is 6.20 Å². The number of hydrogen-bond donors (Lipinski definition) is 1. The summed E-state index contributed by atoms with van der Waals surface area (Å²) in [4.78, 5) is 26.1. The molecule has 26 heavy (non-hydrogen) atoms. The first kappa shape index (κ1) is 19.7. The van der Waals surface area contributed by atoms with E-state index in [9.17, 15) is 14.7 Å². The molecule has 1 unspecified atom stereocenters. The van der Waals surface area contributed by atoms with Crippen molar-refractivity contribution in [2.24, 2.45) is 0 Å². The van der Waals surface area contributed by atoms with Crippen LogP contribution >= 0.6 is 0 Å². The van der Waals surface area contributed by atoms with E-state index in [1.165, 1.54) is 11.8 Å². The monoisotopic (exact) mass is 357 g/mol. The average Bonchev–Trinajstić information content (AvgIpc) is 3.02. The van der Waals surface area contributed by atoms with Crippen LogP contribution in [0.25, 0.3) is 0 Å². The number of amides is 1. The minimum Gasteiger partial charge on any atom is -0.480 e. The SMILES string of the molecule is CCC(CC)n1ncc(C(=O)N(Cc2ccccc2)C(C)C(=O)O)c1C. The molecule has 2 aromatic rings. The number of carboxylic acid groups (broad SMARTS) is 1. The molecular weight excluding hydrogens is 330 g/mol. The number of aliphatic carboxylic acids is 1. The summed E-state index contributed by atoms with van der Waals surface area (Å²) in [5.41, 5.74) is 2.12. The summed E-state index contributed by atoms with van der Waals surface area (Å²) < 4.78 is 1.87. The van der Waals surface area contributed by atoms with Crippen molar-refractivity contribution in [1.82, 2.24) is 14.7 Å². The number of rotatable bonds is 8. The van der Waals surface area contributed by atoms with Crippen LogP contribution in [0.3, 0.4) is 0 Å². The quantitative estimate of drug-likeness (QED) is 0.782. The van der Waals surface area contributed by atoms with Gasteiger partial charge in [0.15, 0.2) is 0 Å². The van der Waals surface area contributed by atoms with Crippen LogP contribution < -0.4 is 0 Å². The maximum Gasteiger partial charge on any atom is 0.326 e. The first-order chi connectivity index (χ1) is 12.4. The van der Waals surface area contributed by atoms with Crippen molar-refractivity contribution in [3.63, 3.8) is 0 Å². The molecule has 1 N–H and O–H groups in total. The van der Waals surface area contributed by atoms with E-state index >= 15 is 0 Å². The molecule has 0 aliphatic rings. The molecule has 1 atom stereocenters. The Morgan fingerprint density at radius 1 is 1.19 bits per heavy atom. The van der Waals surface area contributed by atoms with Crippen LogP contribution in [-0.4, -0.2) is 37.7 Å². The molecule has 140 valence electrons. The largest absolute Gasteiger partial charge is 0.480 e. The van der Waals surface area contributed by atoms with E-state index < -0.39 is 12.0 Å². The molecule has 0 saturated carbocycles. The Morgan fingerprint density at radius 2 is 1.81 bits per heavy atom. The van der Waals surface area contributed by atoms with Crippen molar-refractivity contribution in [2.75, 3.05) is 0 Å². The molecule has 6 heteroatoms. The summed E-state index contributed by atoms with van der Waals surface area (Å²) >= 11 is 0. The highest BCUT2D eigenvalue weighted by atomic mass is 16.4. The van der Waals surface area contributed by atoms with Crippen LogP contribution in [0.15, 0.2) is 36.5 Å². The fourth-order valence-electron chi connectivity index (χ4n) is 3.09. The molecule has 0 bridgehead atoms. The predicted molar refractivity (Wildman–Crippen MR) is 100.0 cm³/mol. The Morgan fingerprint density at radius 3 is 2.35 bits per heavy atom. The second-order valence-corrected chi connectivity index (χ2v) is 6.49. The van der Waals surface area contributed by atoms with Crippen LogP contribution in [0.5, 0.6) is 0 Å². The molecule has 0 radical (unpaired) electrons. The maximum absolute atomic E-state index is 13.1. The van der Waals surface area contributed by atoms with Crippen LogP contribution in [0.4, 0.5) is 0 Å². The van der Waals surface area contributed by atoms with Gasteiger partial charge in [-0.1, -0.05) is 44.2 Å². The zero-order valence-electron chi connectivity index (χ0n) is 15.8. The minimum atomic E-state index is -1.03. The topological polar surface area (TPSA) is 75.4 Å². The average molecular weight is 357 g/mol. The zero-order valence-corrected chi connectivity index (χ0v) is 15.8. The lowest BCUT2D eigenvalue weighted by Gasteiger charge is -2.27. The third kappa shape index (κ3) is 4.12. The van der Waals surface area contributed by atoms with Gasteiger partial charge in [0.2, 0.25) is 0 Å². The maximum atomic E-state index is 13.1. The molecule has 2 rings (SSSR count). The van der Waals surface area contributed by atoms with Gasteiger partial charge in [-0.05, 0) is 32.3 Å². The van der Waals surface area contributed by atoms with Gasteiger partial charge in [-0.25, -0.2) is 4.79 Å². The van der Waals surface area contributed by atoms with Gasteiger partial charge in [0.25, 0.3) is 5.91 Å². The van der Waals surface area contributed by atoms with E-state index in [-0.39, 0.29) is 18.5 Å². The molecule has 1 aromatic carbocycles. The van der Waals surface area contributed by atoms with Gasteiger partial charge in [-0.15, -0.1) is 0 Å². The Hall–Kier alpha value is -2.63. The Labute approximate surface area is 154 Å². The third-order valence-electron chi connectivity index (χ3n) is 4.84. The van der Waals surface area contributed by atoms with Crippen molar-refractivity contribution >= 4 is 11.9 Å². The van der Waals surface area contributed by atoms with Crippen molar-refractivity contribution in [3.8, 4) is 0 Å². The highest BCUT2D eigenvalue weighted by Gasteiger charge is 2.29. The van der Waals surface area contributed by atoms with E-state index in [0.29, 0.717) is 5.56 Å². The molecule has 0 spiro atoms. The number of carbonyl (C=O) groups excluding carboxylic acids is 1. The second-order valence-electron chi connectivity index (χ2n) is 6.49. The third-order valence-corrected chi connectivity index (χ3v) is 4.84. The summed E-state index contributed by atoms with van der Waals surface area (Å²) in [5, 5.41) is 13.8. The molecule has 0 aliphatic carbocycles. The summed E-state index contributed by atoms with van der Waals surface area (Å²) in [6.07, 6.45) is 3.40. The smallest absolute Gasteiger partial charge is 0.326 e. The van der Waals surface area contributed by atoms with Crippen LogP contribution in [0.2, 0.25) is 0 Å². The molecule has 1 aromatic heterocycles. The van der Waals surface area contributed by atoms with Crippen LogP contribution in [-0.2, 0) is 11.3 Å². The fraction of sp³-hybridized carbons (Fsp3) is 0.450. The summed E-state index contributed by atoms with van der Waals surface area (Å²) in [6, 6.07) is 8.71. The molecule has 0 saturated heterocycles. The Kier molecular flexibility index (Phi) is 6.55. The molecular formula is C20H27N3O3. The minimum absolute atomic E-state index is 0.232. The van der Waals surface area contributed by atoms with Gasteiger partial charge in [-0.2, -0.15) is 5.10 Å². The van der Waals surface area contributed by atoms with Crippen molar-refractivity contribution in [1.29, 1.82) is 0 Å². The van der Waals surface area contributed by atoms with Crippen molar-refractivity contribution in [3.05, 3.63) is 53.3 Å². The van der Waals surface area contributed by atoms with Gasteiger partial charge in [-0.3, -0.25) is 9.48 Å². The summed E-state index contributed by atoms with van der Waals surface area (Å²) in [7, 11) is 0. The van der Waals surface area contributed by atoms with E-state index in [1.807, 2.05) is 41.9 Å². The number of benzene rings is 1. The molecule has 1 amide bonds. The molecule has 0 fully saturated rings. The van der Waals surface area contributed by atoms with Crippen molar-refractivity contribution in [2.45, 2.75) is 59.2 Å². The standard InChI is InChI=1S/C20H27N3O3/c1-5-17(6-2)23-14(3)18(12-21-23)19(24)22(15(4)20(25)26)13-16-10-8-7-9-11-16/h7-12,15,17H,5-6,13H2,1-4H3,(H,25,26). The molecule has 6 nitrogen and oxygen atoms in total. The van der Waals surface area contributed by atoms with Gasteiger partial charge in [0.1, 0.15) is 6.04 Å². The van der Waals surface area contributed by atoms with Gasteiger partial charge in [0, 0.05) is 12.2 Å². The molecule has 1 heterocycles. The zero-order chi connectivity index (χ0) is 19.3. The van der Waals surface area contributed by atoms with Crippen LogP contribution in [0.1, 0.15) is 61.3 Å². The van der Waals surface area contributed by atoms with Gasteiger partial charge < -0.3 is 10.0 Å². The fourth-order valence-corrected chi connectivity index (χ4v) is 3.09. The lowest BCUT2D eigenvalue weighted by molar-refractivity contribution is -0.141. The predicted octanol–water partition coefficient (Wildman–Crippen LogP) is 3.67. The van der Waals surface area contributed by atoms with Gasteiger partial charge >= 0.3 is 5.97 Å². The lowest BCUT2D eigenvalue weighted by atomic mass is 10.1. The van der Waals surface area contributed by atoms with Gasteiger partial charge in [0.05, 0.1) is 17.8 Å². The van der Waals surface area contributed by atoms with E-state index in [0.717, 1.165) is 24.1 Å². The number of aromatic nitrogens is 2. The number of nitrogens with zero attached hydrogens (tertiary/aromatic N) is 3. The Balaban J connectivity index is 2.36. The first-order valence-electron chi connectivity index (χ1n) is 9.02. The summed E-state index contributed by atoms with van der Waals surface area (Å²) in [5.74, 6) is -1.34. The van der Waals surface area contributed by atoms with Crippen LogP contribution in [0, 0.1) is 6.92 Å². The normalized spacial score (nSPS) is 12.2. The highest BCUT2D eigenvalue weighted by Crippen LogP contribution is 2.22. The lowest BCUT2D eigenvalue weighted by Crippen LogP contribution is -2.42. The van der Waals surface area contributed by atoms with E-state index in [2.05, 4.69) is 18.9 Å². The second kappa shape index (κ2) is 8.65. The number of hydrogen-bond acceptors (Lipinski definition) is 3. The number of carbonyl (C=O) groups is 2. The van der Waals surface area contributed by atoms with Crippen molar-refractivity contribution < 1.29 is 14.7 Å². The molecule has 0 aliphatic heterocycles.